The third kappa shape index (κ3) is 10.0. The van der Waals surface area contributed by atoms with Crippen molar-refractivity contribution in [3.63, 3.8) is 0 Å². The number of unbranched alkanes of at least 4 members (excludes halogenated alkanes) is 1. The second-order valence-corrected chi connectivity index (χ2v) is 12.8. The first-order chi connectivity index (χ1) is 23.3. The maximum atomic E-state index is 12.7. The third-order valence-electron chi connectivity index (χ3n) is 7.38. The number of nitrogens with one attached hydrogen (secondary N) is 1. The average Bonchev–Trinajstić information content (AvgIpc) is 3.75. The summed E-state index contributed by atoms with van der Waals surface area (Å²) in [5.74, 6) is 3.18. The van der Waals surface area contributed by atoms with Gasteiger partial charge in [-0.25, -0.2) is 0 Å². The molecule has 0 fully saturated rings. The molecule has 1 N–H and O–H groups in total. The number of rotatable bonds is 20. The van der Waals surface area contributed by atoms with Crippen LogP contribution in [0, 0.1) is 0 Å². The van der Waals surface area contributed by atoms with Crippen LogP contribution in [0.1, 0.15) is 51.8 Å². The molecule has 15 heteroatoms. The molecule has 0 aliphatic carbocycles. The van der Waals surface area contributed by atoms with E-state index in [1.807, 2.05) is 24.3 Å². The molecule has 258 valence electrons. The Labute approximate surface area is 287 Å². The molecular formula is C33H41N5O8S2. The number of hydrogen-bond donors (Lipinski definition) is 1. The lowest BCUT2D eigenvalue weighted by molar-refractivity contribution is -0.118. The van der Waals surface area contributed by atoms with Gasteiger partial charge in [0.25, 0.3) is 0 Å². The number of methoxy groups -OCH3 is 6. The van der Waals surface area contributed by atoms with E-state index >= 15 is 0 Å². The van der Waals surface area contributed by atoms with E-state index in [-0.39, 0.29) is 24.5 Å². The second-order valence-electron chi connectivity index (χ2n) is 10.6. The van der Waals surface area contributed by atoms with Gasteiger partial charge < -0.3 is 33.7 Å². The molecule has 4 aromatic rings. The number of amides is 1. The van der Waals surface area contributed by atoms with E-state index in [0.717, 1.165) is 51.8 Å². The van der Waals surface area contributed by atoms with Crippen LogP contribution in [0.15, 0.2) is 24.3 Å². The molecular weight excluding hydrogens is 659 g/mol. The van der Waals surface area contributed by atoms with Crippen molar-refractivity contribution in [3.8, 4) is 34.5 Å². The maximum absolute atomic E-state index is 12.7. The van der Waals surface area contributed by atoms with Gasteiger partial charge >= 0.3 is 0 Å². The van der Waals surface area contributed by atoms with Crippen molar-refractivity contribution in [2.45, 2.75) is 57.8 Å². The van der Waals surface area contributed by atoms with Crippen molar-refractivity contribution in [1.82, 2.24) is 20.4 Å². The second kappa shape index (κ2) is 18.2. The molecule has 0 aliphatic heterocycles. The summed E-state index contributed by atoms with van der Waals surface area (Å²) < 4.78 is 32.3. The fourth-order valence-corrected chi connectivity index (χ4v) is 6.67. The third-order valence-corrected chi connectivity index (χ3v) is 9.27. The first kappa shape index (κ1) is 36.3. The summed E-state index contributed by atoms with van der Waals surface area (Å²) in [4.78, 5) is 25.3. The Morgan fingerprint density at radius 2 is 1.04 bits per heavy atom. The molecule has 4 rings (SSSR count). The molecule has 0 spiro atoms. The number of aryl methyl sites for hydroxylation is 4. The predicted octanol–water partition coefficient (Wildman–Crippen LogP) is 5.32. The van der Waals surface area contributed by atoms with Gasteiger partial charge in [0.15, 0.2) is 23.0 Å². The van der Waals surface area contributed by atoms with Crippen molar-refractivity contribution >= 4 is 39.5 Å². The van der Waals surface area contributed by atoms with Gasteiger partial charge in [-0.15, -0.1) is 31.7 Å². The summed E-state index contributed by atoms with van der Waals surface area (Å²) in [6.07, 6.45) is 5.19. The zero-order chi connectivity index (χ0) is 34.5. The highest BCUT2D eigenvalue weighted by Gasteiger charge is 2.17. The summed E-state index contributed by atoms with van der Waals surface area (Å²) in [7, 11) is 9.35. The molecule has 0 saturated carbocycles. The molecule has 0 saturated heterocycles. The zero-order valence-corrected chi connectivity index (χ0v) is 29.7. The summed E-state index contributed by atoms with van der Waals surface area (Å²) in [6.45, 7) is 0. The summed E-state index contributed by atoms with van der Waals surface area (Å²) >= 11 is 2.85. The quantitative estimate of drug-likeness (QED) is 0.119. The number of Topliss-reactive ketones (excluding diaryl/α,β-unsaturated/α-hetero) is 1. The summed E-state index contributed by atoms with van der Waals surface area (Å²) in [5, 5.41) is 22.6. The van der Waals surface area contributed by atoms with Gasteiger partial charge in [0.2, 0.25) is 22.5 Å². The van der Waals surface area contributed by atoms with Crippen LogP contribution in [0.4, 0.5) is 5.13 Å². The Hall–Kier alpha value is -4.50. The molecule has 13 nitrogen and oxygen atoms in total. The fraction of sp³-hybridized carbons (Fsp3) is 0.455. The standard InChI is InChI=1S/C33H41N5O8S2/c1-41-23-15-20(16-24(42-2)31(23)45-5)11-13-22(39)19-30-37-35-28(47-30)9-7-8-10-29-36-38-33(48-29)34-27(40)14-12-21-17-25(43-3)32(46-6)26(18-21)44-4/h15-18H,7-14,19H2,1-6H3,(H,34,38,40). The van der Waals surface area contributed by atoms with E-state index in [2.05, 4.69) is 25.7 Å². The number of hydrogen-bond acceptors (Lipinski definition) is 14. The van der Waals surface area contributed by atoms with Gasteiger partial charge in [0, 0.05) is 25.7 Å². The number of ether oxygens (including phenoxy) is 6. The summed E-state index contributed by atoms with van der Waals surface area (Å²) in [6, 6.07) is 7.39. The van der Waals surface area contributed by atoms with Crippen LogP contribution in [-0.4, -0.2) is 74.7 Å². The highest BCUT2D eigenvalue weighted by atomic mass is 32.1. The van der Waals surface area contributed by atoms with Crippen molar-refractivity contribution < 1.29 is 38.0 Å². The van der Waals surface area contributed by atoms with Gasteiger partial charge in [-0.05, 0) is 61.1 Å². The lowest BCUT2D eigenvalue weighted by Gasteiger charge is -2.14. The van der Waals surface area contributed by atoms with Crippen molar-refractivity contribution in [3.05, 3.63) is 50.4 Å². The summed E-state index contributed by atoms with van der Waals surface area (Å²) in [5.41, 5.74) is 1.81. The normalized spacial score (nSPS) is 10.8. The largest absolute Gasteiger partial charge is 0.493 e. The number of nitrogens with zero attached hydrogens (tertiary/aromatic N) is 4. The SMILES string of the molecule is COc1cc(CCC(=O)Cc2nnc(CCCCc3nnc(NC(=O)CCc4cc(OC)c(OC)c(OC)c4)s3)s2)cc(OC)c1OC. The number of ketones is 1. The Balaban J connectivity index is 1.16. The van der Waals surface area contributed by atoms with Crippen molar-refractivity contribution in [2.24, 2.45) is 0 Å². The van der Waals surface area contributed by atoms with Crippen LogP contribution in [0.3, 0.4) is 0 Å². The number of anilines is 1. The van der Waals surface area contributed by atoms with E-state index in [1.165, 1.54) is 22.7 Å². The van der Waals surface area contributed by atoms with Crippen LogP contribution < -0.4 is 33.7 Å². The van der Waals surface area contributed by atoms with Gasteiger partial charge in [0.05, 0.1) is 49.1 Å². The van der Waals surface area contributed by atoms with Crippen LogP contribution in [-0.2, 0) is 41.7 Å². The Morgan fingerprint density at radius 1 is 0.583 bits per heavy atom. The number of carbonyl (C=O) groups is 2. The zero-order valence-electron chi connectivity index (χ0n) is 28.0. The van der Waals surface area contributed by atoms with E-state index in [1.54, 1.807) is 42.7 Å². The first-order valence-electron chi connectivity index (χ1n) is 15.3. The highest BCUT2D eigenvalue weighted by molar-refractivity contribution is 7.15. The Bertz CT molecular complexity index is 1500. The van der Waals surface area contributed by atoms with Crippen LogP contribution in [0.5, 0.6) is 34.5 Å². The molecule has 2 aromatic carbocycles. The highest BCUT2D eigenvalue weighted by Crippen LogP contribution is 2.39. The maximum Gasteiger partial charge on any atom is 0.226 e. The van der Waals surface area contributed by atoms with E-state index in [9.17, 15) is 9.59 Å². The van der Waals surface area contributed by atoms with Crippen molar-refractivity contribution in [2.75, 3.05) is 48.0 Å². The van der Waals surface area contributed by atoms with Gasteiger partial charge in [-0.1, -0.05) is 11.3 Å². The Kier molecular flexibility index (Phi) is 13.7. The molecule has 0 unspecified atom stereocenters. The number of benzene rings is 2. The molecule has 0 bridgehead atoms. The van der Waals surface area contributed by atoms with Gasteiger partial charge in [-0.2, -0.15) is 0 Å². The van der Waals surface area contributed by atoms with E-state index in [0.29, 0.717) is 58.9 Å². The molecule has 48 heavy (non-hydrogen) atoms. The van der Waals surface area contributed by atoms with Crippen molar-refractivity contribution in [1.29, 1.82) is 0 Å². The van der Waals surface area contributed by atoms with Crippen LogP contribution in [0.25, 0.3) is 0 Å². The van der Waals surface area contributed by atoms with Crippen LogP contribution >= 0.6 is 22.7 Å². The molecule has 0 aliphatic rings. The van der Waals surface area contributed by atoms with E-state index in [4.69, 9.17) is 28.4 Å². The topological polar surface area (TPSA) is 153 Å². The molecule has 2 aromatic heterocycles. The fourth-order valence-electron chi connectivity index (χ4n) is 4.96. The van der Waals surface area contributed by atoms with Gasteiger partial charge in [-0.3, -0.25) is 9.59 Å². The lowest BCUT2D eigenvalue weighted by atomic mass is 10.0. The molecule has 1 amide bonds. The minimum absolute atomic E-state index is 0.0896. The molecule has 2 heterocycles. The predicted molar refractivity (Wildman–Crippen MR) is 183 cm³/mol. The number of carbonyl (C=O) groups excluding carboxylic acids is 2. The smallest absolute Gasteiger partial charge is 0.226 e. The molecule has 0 radical (unpaired) electrons. The van der Waals surface area contributed by atoms with Crippen LogP contribution in [0.2, 0.25) is 0 Å². The minimum atomic E-state index is -0.154. The van der Waals surface area contributed by atoms with Gasteiger partial charge in [0.1, 0.15) is 20.8 Å². The minimum Gasteiger partial charge on any atom is -0.493 e. The number of aromatic nitrogens is 4. The monoisotopic (exact) mass is 699 g/mol. The molecule has 0 atom stereocenters. The lowest BCUT2D eigenvalue weighted by Crippen LogP contribution is -2.12. The average molecular weight is 700 g/mol. The first-order valence-corrected chi connectivity index (χ1v) is 17.0. The Morgan fingerprint density at radius 3 is 1.54 bits per heavy atom. The van der Waals surface area contributed by atoms with E-state index < -0.39 is 0 Å².